The highest BCUT2D eigenvalue weighted by Gasteiger charge is 2.02. The van der Waals surface area contributed by atoms with Gasteiger partial charge in [0.05, 0.1) is 0 Å². The van der Waals surface area contributed by atoms with Gasteiger partial charge in [-0.05, 0) is 36.2 Å². The van der Waals surface area contributed by atoms with Crippen molar-refractivity contribution in [2.75, 3.05) is 12.8 Å². The van der Waals surface area contributed by atoms with E-state index in [9.17, 15) is 0 Å². The van der Waals surface area contributed by atoms with E-state index in [0.717, 1.165) is 12.1 Å². The first-order valence-corrected chi connectivity index (χ1v) is 4.91. The van der Waals surface area contributed by atoms with Gasteiger partial charge in [0.15, 0.2) is 0 Å². The molecule has 1 aromatic rings. The maximum atomic E-state index is 5.72. The Hall–Kier alpha value is -1.44. The number of nitrogens with two attached hydrogens (primary N) is 1. The van der Waals surface area contributed by atoms with Crippen LogP contribution in [0.3, 0.4) is 0 Å². The number of hydrogen-bond acceptors (Lipinski definition) is 2. The fourth-order valence-electron chi connectivity index (χ4n) is 1.39. The van der Waals surface area contributed by atoms with Crippen LogP contribution in [-0.2, 0) is 0 Å². The number of benzene rings is 1. The van der Waals surface area contributed by atoms with Crippen molar-refractivity contribution in [1.29, 1.82) is 0 Å². The fourth-order valence-corrected chi connectivity index (χ4v) is 1.39. The smallest absolute Gasteiger partial charge is 0.0316 e. The van der Waals surface area contributed by atoms with Crippen LogP contribution in [0.15, 0.2) is 36.5 Å². The molecule has 2 heteroatoms. The van der Waals surface area contributed by atoms with E-state index in [1.54, 1.807) is 0 Å². The van der Waals surface area contributed by atoms with Crippen molar-refractivity contribution in [1.82, 2.24) is 5.32 Å². The molecule has 2 nitrogen and oxygen atoms in total. The summed E-state index contributed by atoms with van der Waals surface area (Å²) in [5.41, 5.74) is 7.86. The zero-order chi connectivity index (χ0) is 10.4. The molecule has 0 aliphatic carbocycles. The summed E-state index contributed by atoms with van der Waals surface area (Å²) in [4.78, 5) is 0. The molecule has 76 valence electrons. The first-order chi connectivity index (χ1) is 6.74. The van der Waals surface area contributed by atoms with E-state index >= 15 is 0 Å². The van der Waals surface area contributed by atoms with Gasteiger partial charge >= 0.3 is 0 Å². The molecule has 1 aromatic carbocycles. The second-order valence-electron chi connectivity index (χ2n) is 3.50. The third-order valence-corrected chi connectivity index (χ3v) is 2.25. The zero-order valence-electron chi connectivity index (χ0n) is 8.83. The second-order valence-corrected chi connectivity index (χ2v) is 3.50. The summed E-state index contributed by atoms with van der Waals surface area (Å²) in [6.45, 7) is 2.20. The molecule has 0 bridgehead atoms. The molecule has 0 saturated heterocycles. The van der Waals surface area contributed by atoms with Gasteiger partial charge in [-0.15, -0.1) is 0 Å². The van der Waals surface area contributed by atoms with Gasteiger partial charge in [-0.1, -0.05) is 25.1 Å². The third-order valence-electron chi connectivity index (χ3n) is 2.25. The lowest BCUT2D eigenvalue weighted by Crippen LogP contribution is -1.96. The Morgan fingerprint density at radius 3 is 2.93 bits per heavy atom. The molecule has 0 heterocycles. The maximum absolute atomic E-state index is 5.72. The Balaban J connectivity index is 2.60. The number of nitrogen functional groups attached to an aromatic ring is 1. The molecule has 1 atom stereocenters. The average Bonchev–Trinajstić information content (AvgIpc) is 2.18. The van der Waals surface area contributed by atoms with Crippen molar-refractivity contribution in [3.05, 3.63) is 42.1 Å². The van der Waals surface area contributed by atoms with Gasteiger partial charge in [-0.2, -0.15) is 0 Å². The van der Waals surface area contributed by atoms with Gasteiger partial charge in [0, 0.05) is 12.7 Å². The highest BCUT2D eigenvalue weighted by atomic mass is 14.8. The van der Waals surface area contributed by atoms with Crippen LogP contribution in [0, 0.1) is 0 Å². The fraction of sp³-hybridized carbons (Fsp3) is 0.333. The SMILES string of the molecule is CNC=CCC(C)c1cccc(N)c1. The number of anilines is 1. The molecule has 0 aliphatic heterocycles. The van der Waals surface area contributed by atoms with Crippen molar-refractivity contribution >= 4 is 5.69 Å². The normalized spacial score (nSPS) is 13.0. The molecule has 14 heavy (non-hydrogen) atoms. The summed E-state index contributed by atoms with van der Waals surface area (Å²) in [6, 6.07) is 8.08. The van der Waals surface area contributed by atoms with Crippen molar-refractivity contribution < 1.29 is 0 Å². The lowest BCUT2D eigenvalue weighted by molar-refractivity contribution is 0.777. The Kier molecular flexibility index (Phi) is 4.05. The second kappa shape index (κ2) is 5.32. The van der Waals surface area contributed by atoms with Crippen molar-refractivity contribution in [3.63, 3.8) is 0 Å². The van der Waals surface area contributed by atoms with E-state index in [-0.39, 0.29) is 0 Å². The Bertz CT molecular complexity index is 305. The van der Waals surface area contributed by atoms with E-state index in [0.29, 0.717) is 5.92 Å². The average molecular weight is 190 g/mol. The summed E-state index contributed by atoms with van der Waals surface area (Å²) in [5.74, 6) is 0.517. The Labute approximate surface area is 85.8 Å². The van der Waals surface area contributed by atoms with E-state index in [1.807, 2.05) is 31.4 Å². The zero-order valence-corrected chi connectivity index (χ0v) is 8.83. The molecular weight excluding hydrogens is 172 g/mol. The Morgan fingerprint density at radius 1 is 1.50 bits per heavy atom. The molecule has 0 aliphatic rings. The van der Waals surface area contributed by atoms with Gasteiger partial charge in [0.25, 0.3) is 0 Å². The number of rotatable bonds is 4. The predicted molar refractivity (Wildman–Crippen MR) is 62.1 cm³/mol. The predicted octanol–water partition coefficient (Wildman–Crippen LogP) is 2.50. The van der Waals surface area contributed by atoms with Crippen molar-refractivity contribution in [3.8, 4) is 0 Å². The van der Waals surface area contributed by atoms with E-state index in [4.69, 9.17) is 5.73 Å². The number of hydrogen-bond donors (Lipinski definition) is 2. The largest absolute Gasteiger partial charge is 0.399 e. The monoisotopic (exact) mass is 190 g/mol. The summed E-state index contributed by atoms with van der Waals surface area (Å²) in [5, 5.41) is 2.98. The minimum absolute atomic E-state index is 0.517. The lowest BCUT2D eigenvalue weighted by Gasteiger charge is -2.09. The van der Waals surface area contributed by atoms with Crippen LogP contribution in [0.25, 0.3) is 0 Å². The maximum Gasteiger partial charge on any atom is 0.0316 e. The molecule has 0 radical (unpaired) electrons. The number of allylic oxidation sites excluding steroid dienone is 1. The molecule has 3 N–H and O–H groups in total. The molecule has 0 saturated carbocycles. The lowest BCUT2D eigenvalue weighted by atomic mass is 9.97. The van der Waals surface area contributed by atoms with Crippen LogP contribution >= 0.6 is 0 Å². The molecule has 0 fully saturated rings. The summed E-state index contributed by atoms with van der Waals surface area (Å²) in [7, 11) is 1.90. The minimum Gasteiger partial charge on any atom is -0.399 e. The van der Waals surface area contributed by atoms with E-state index < -0.39 is 0 Å². The van der Waals surface area contributed by atoms with Crippen molar-refractivity contribution in [2.24, 2.45) is 0 Å². The van der Waals surface area contributed by atoms with Crippen LogP contribution < -0.4 is 11.1 Å². The van der Waals surface area contributed by atoms with Gasteiger partial charge in [-0.3, -0.25) is 0 Å². The first-order valence-electron chi connectivity index (χ1n) is 4.91. The number of nitrogens with one attached hydrogen (secondary N) is 1. The summed E-state index contributed by atoms with van der Waals surface area (Å²) in [6.07, 6.45) is 5.13. The first kappa shape index (κ1) is 10.6. The topological polar surface area (TPSA) is 38.0 Å². The molecule has 1 rings (SSSR count). The van der Waals surface area contributed by atoms with Crippen LogP contribution in [0.1, 0.15) is 24.8 Å². The van der Waals surface area contributed by atoms with E-state index in [1.165, 1.54) is 5.56 Å². The standard InChI is InChI=1S/C12H18N2/c1-10(5-4-8-14-2)11-6-3-7-12(13)9-11/h3-4,6-10,14H,5,13H2,1-2H3. The summed E-state index contributed by atoms with van der Waals surface area (Å²) >= 11 is 0. The quantitative estimate of drug-likeness (QED) is 0.716. The molecule has 1 unspecified atom stereocenters. The van der Waals surface area contributed by atoms with Crippen LogP contribution in [0.4, 0.5) is 5.69 Å². The minimum atomic E-state index is 0.517. The third kappa shape index (κ3) is 3.13. The van der Waals surface area contributed by atoms with Gasteiger partial charge < -0.3 is 11.1 Å². The van der Waals surface area contributed by atoms with Crippen LogP contribution in [-0.4, -0.2) is 7.05 Å². The highest BCUT2D eigenvalue weighted by molar-refractivity contribution is 5.41. The Morgan fingerprint density at radius 2 is 2.29 bits per heavy atom. The van der Waals surface area contributed by atoms with Gasteiger partial charge in [0.1, 0.15) is 0 Å². The van der Waals surface area contributed by atoms with Crippen molar-refractivity contribution in [2.45, 2.75) is 19.3 Å². The summed E-state index contributed by atoms with van der Waals surface area (Å²) < 4.78 is 0. The highest BCUT2D eigenvalue weighted by Crippen LogP contribution is 2.20. The molecular formula is C12H18N2. The molecule has 0 aromatic heterocycles. The van der Waals surface area contributed by atoms with Crippen LogP contribution in [0.5, 0.6) is 0 Å². The molecule has 0 spiro atoms. The van der Waals surface area contributed by atoms with Gasteiger partial charge in [0.2, 0.25) is 0 Å². The van der Waals surface area contributed by atoms with Crippen LogP contribution in [0.2, 0.25) is 0 Å². The van der Waals surface area contributed by atoms with E-state index in [2.05, 4.69) is 24.4 Å². The molecule has 0 amide bonds. The van der Waals surface area contributed by atoms with Gasteiger partial charge in [-0.25, -0.2) is 0 Å².